The number of nitrogens with two attached hydrogens (primary N) is 2. The number of aromatic hydroxyl groups is 1. The molecule has 1 spiro atoms. The van der Waals surface area contributed by atoms with Crippen molar-refractivity contribution in [2.45, 2.75) is 55.3 Å². The molecule has 1 saturated heterocycles. The van der Waals surface area contributed by atoms with Crippen molar-refractivity contribution < 1.29 is 29.6 Å². The van der Waals surface area contributed by atoms with Crippen LogP contribution < -0.4 is 32.2 Å². The SMILES string of the molecule is CC1(C)CCOc2c(C(=O)NC3CN4C(N)=N[C@@H](CNC(=O)c5ccc(O)cc5)[C@@H]5N=C(N)NC54C3(O)O)cccc21. The molecule has 2 amide bonds. The number of nitrogens with zero attached hydrogens (tertiary/aromatic N) is 3. The van der Waals surface area contributed by atoms with Gasteiger partial charge in [-0.05, 0) is 42.2 Å². The third-order valence-electron chi connectivity index (χ3n) is 8.67. The summed E-state index contributed by atoms with van der Waals surface area (Å²) in [4.78, 5) is 36.6. The minimum absolute atomic E-state index is 0.0219. The lowest BCUT2D eigenvalue weighted by Gasteiger charge is -2.49. The summed E-state index contributed by atoms with van der Waals surface area (Å²) >= 11 is 0. The van der Waals surface area contributed by atoms with E-state index < -0.39 is 41.4 Å². The molecule has 4 heterocycles. The Hall–Kier alpha value is -4.56. The number of hydrogen-bond donors (Lipinski definition) is 8. The quantitative estimate of drug-likeness (QED) is 0.195. The number of carbonyl (C=O) groups is 2. The standard InChI is InChI=1S/C28H34N8O6/c1-26(2)10-11-42-20-16(4-3-5-17(20)26)23(39)33-19-13-36-25(30)32-18(12-31-22(38)14-6-8-15(37)9-7-14)21-27(36,28(19,40)41)35-24(29)34-21/h3-9,18-19,21,37,40-41H,10-13H2,1-2H3,(H2,30,32)(H,31,38)(H,33,39)(H3,29,34,35)/t18-,19?,21-,27?/m0/s1. The van der Waals surface area contributed by atoms with Crippen molar-refractivity contribution in [3.05, 3.63) is 59.2 Å². The fourth-order valence-electron chi connectivity index (χ4n) is 6.35. The Bertz CT molecular complexity index is 1510. The Morgan fingerprint density at radius 1 is 1.12 bits per heavy atom. The van der Waals surface area contributed by atoms with Crippen LogP contribution in [0.2, 0.25) is 0 Å². The van der Waals surface area contributed by atoms with E-state index in [9.17, 15) is 24.9 Å². The maximum absolute atomic E-state index is 13.6. The van der Waals surface area contributed by atoms with Gasteiger partial charge in [-0.25, -0.2) is 9.98 Å². The third-order valence-corrected chi connectivity index (χ3v) is 8.67. The molecule has 0 radical (unpaired) electrons. The Morgan fingerprint density at radius 3 is 2.60 bits per heavy atom. The van der Waals surface area contributed by atoms with Crippen LogP contribution in [-0.2, 0) is 5.41 Å². The average Bonchev–Trinajstić information content (AvgIpc) is 3.41. The van der Waals surface area contributed by atoms with Crippen LogP contribution in [0.15, 0.2) is 52.4 Å². The van der Waals surface area contributed by atoms with E-state index in [0.717, 1.165) is 12.0 Å². The van der Waals surface area contributed by atoms with Gasteiger partial charge in [0.15, 0.2) is 17.6 Å². The highest BCUT2D eigenvalue weighted by atomic mass is 16.5. The first kappa shape index (κ1) is 27.6. The van der Waals surface area contributed by atoms with Crippen LogP contribution in [0.1, 0.15) is 46.5 Å². The lowest BCUT2D eigenvalue weighted by atomic mass is 9.79. The van der Waals surface area contributed by atoms with Crippen LogP contribution in [0, 0.1) is 0 Å². The van der Waals surface area contributed by atoms with Crippen molar-refractivity contribution in [1.82, 2.24) is 20.9 Å². The number of amides is 2. The highest BCUT2D eigenvalue weighted by molar-refractivity contribution is 5.98. The van der Waals surface area contributed by atoms with Crippen molar-refractivity contribution in [3.8, 4) is 11.5 Å². The molecular formula is C28H34N8O6. The molecule has 6 rings (SSSR count). The van der Waals surface area contributed by atoms with E-state index in [2.05, 4.69) is 39.8 Å². The summed E-state index contributed by atoms with van der Waals surface area (Å²) in [5.41, 5.74) is 11.9. The van der Waals surface area contributed by atoms with E-state index in [1.165, 1.54) is 29.2 Å². The summed E-state index contributed by atoms with van der Waals surface area (Å²) in [5.74, 6) is -3.24. The zero-order valence-corrected chi connectivity index (χ0v) is 23.2. The number of phenolic OH excluding ortho intramolecular Hbond substituents is 1. The van der Waals surface area contributed by atoms with Gasteiger partial charge in [0.25, 0.3) is 11.8 Å². The molecule has 14 nitrogen and oxygen atoms in total. The number of carbonyl (C=O) groups excluding carboxylic acids is 2. The Kier molecular flexibility index (Phi) is 6.24. The van der Waals surface area contributed by atoms with Crippen LogP contribution in [0.5, 0.6) is 11.5 Å². The number of aliphatic imine (C=N–C) groups is 2. The van der Waals surface area contributed by atoms with E-state index in [1.807, 2.05) is 6.07 Å². The molecule has 10 N–H and O–H groups in total. The first-order valence-corrected chi connectivity index (χ1v) is 13.7. The van der Waals surface area contributed by atoms with Gasteiger partial charge in [-0.1, -0.05) is 26.0 Å². The van der Waals surface area contributed by atoms with Crippen LogP contribution in [0.4, 0.5) is 0 Å². The molecule has 0 saturated carbocycles. The van der Waals surface area contributed by atoms with Gasteiger partial charge in [-0.3, -0.25) is 9.59 Å². The number of para-hydroxylation sites is 1. The maximum atomic E-state index is 13.6. The summed E-state index contributed by atoms with van der Waals surface area (Å²) in [5, 5.41) is 41.3. The van der Waals surface area contributed by atoms with Gasteiger partial charge in [0.05, 0.1) is 18.2 Å². The van der Waals surface area contributed by atoms with Crippen LogP contribution in [-0.4, -0.2) is 93.2 Å². The predicted octanol–water partition coefficient (Wildman–Crippen LogP) is -1.34. The number of hydrogen-bond acceptors (Lipinski definition) is 12. The van der Waals surface area contributed by atoms with Crippen molar-refractivity contribution in [2.24, 2.45) is 21.5 Å². The van der Waals surface area contributed by atoms with Crippen molar-refractivity contribution >= 4 is 23.7 Å². The molecule has 222 valence electrons. The van der Waals surface area contributed by atoms with Crippen molar-refractivity contribution in [2.75, 3.05) is 19.7 Å². The lowest BCUT2D eigenvalue weighted by molar-refractivity contribution is -0.230. The van der Waals surface area contributed by atoms with Crippen LogP contribution in [0.25, 0.3) is 0 Å². The summed E-state index contributed by atoms with van der Waals surface area (Å²) < 4.78 is 5.89. The lowest BCUT2D eigenvalue weighted by Crippen LogP contribution is -2.78. The van der Waals surface area contributed by atoms with E-state index in [4.69, 9.17) is 16.2 Å². The molecule has 1 fully saturated rings. The molecule has 4 atom stereocenters. The second-order valence-electron chi connectivity index (χ2n) is 11.7. The molecule has 42 heavy (non-hydrogen) atoms. The van der Waals surface area contributed by atoms with Gasteiger partial charge in [-0.15, -0.1) is 0 Å². The fraction of sp³-hybridized carbons (Fsp3) is 0.429. The summed E-state index contributed by atoms with van der Waals surface area (Å²) in [6, 6.07) is 7.97. The topological polar surface area (TPSA) is 220 Å². The second-order valence-corrected chi connectivity index (χ2v) is 11.7. The molecule has 0 aromatic heterocycles. The van der Waals surface area contributed by atoms with Gasteiger partial charge in [0.1, 0.15) is 23.6 Å². The molecule has 4 aliphatic rings. The Labute approximate surface area is 241 Å². The monoisotopic (exact) mass is 578 g/mol. The molecule has 2 unspecified atom stereocenters. The number of benzene rings is 2. The average molecular weight is 579 g/mol. The van der Waals surface area contributed by atoms with Crippen molar-refractivity contribution in [3.63, 3.8) is 0 Å². The van der Waals surface area contributed by atoms with Gasteiger partial charge in [0, 0.05) is 24.2 Å². The van der Waals surface area contributed by atoms with Crippen LogP contribution >= 0.6 is 0 Å². The number of rotatable bonds is 5. The number of nitrogens with one attached hydrogen (secondary N) is 3. The van der Waals surface area contributed by atoms with E-state index in [-0.39, 0.29) is 41.7 Å². The highest BCUT2D eigenvalue weighted by Crippen LogP contribution is 2.45. The van der Waals surface area contributed by atoms with Crippen LogP contribution in [0.3, 0.4) is 0 Å². The molecule has 0 aliphatic carbocycles. The second kappa shape index (κ2) is 9.49. The van der Waals surface area contributed by atoms with Gasteiger partial charge in [-0.2, -0.15) is 0 Å². The normalized spacial score (nSPS) is 28.2. The highest BCUT2D eigenvalue weighted by Gasteiger charge is 2.73. The predicted molar refractivity (Wildman–Crippen MR) is 152 cm³/mol. The van der Waals surface area contributed by atoms with E-state index >= 15 is 0 Å². The van der Waals surface area contributed by atoms with E-state index in [1.54, 1.807) is 12.1 Å². The van der Waals surface area contributed by atoms with Gasteiger partial charge in [0.2, 0.25) is 5.79 Å². The molecule has 4 aliphatic heterocycles. The number of guanidine groups is 2. The number of fused-ring (bicyclic) bond motifs is 1. The van der Waals surface area contributed by atoms with Gasteiger partial charge >= 0.3 is 0 Å². The summed E-state index contributed by atoms with van der Waals surface area (Å²) in [6.07, 6.45) is 0.797. The number of ether oxygens (including phenoxy) is 1. The molecule has 14 heteroatoms. The smallest absolute Gasteiger partial charge is 0.255 e. The number of phenols is 1. The zero-order chi connectivity index (χ0) is 30.0. The molecule has 2 aromatic carbocycles. The largest absolute Gasteiger partial charge is 0.508 e. The van der Waals surface area contributed by atoms with Crippen molar-refractivity contribution in [1.29, 1.82) is 0 Å². The first-order valence-electron chi connectivity index (χ1n) is 13.7. The van der Waals surface area contributed by atoms with E-state index in [0.29, 0.717) is 17.9 Å². The molecule has 0 bridgehead atoms. The van der Waals surface area contributed by atoms with Gasteiger partial charge < -0.3 is 52.4 Å². The number of aliphatic hydroxyl groups is 2. The minimum Gasteiger partial charge on any atom is -0.508 e. The summed E-state index contributed by atoms with van der Waals surface area (Å²) in [7, 11) is 0. The third kappa shape index (κ3) is 4.09. The first-order chi connectivity index (χ1) is 19.8. The maximum Gasteiger partial charge on any atom is 0.255 e. The Balaban J connectivity index is 1.26. The molecular weight excluding hydrogens is 544 g/mol. The fourth-order valence-corrected chi connectivity index (χ4v) is 6.35. The Morgan fingerprint density at radius 2 is 1.86 bits per heavy atom. The zero-order valence-electron chi connectivity index (χ0n) is 23.2. The minimum atomic E-state index is -2.63. The summed E-state index contributed by atoms with van der Waals surface area (Å²) in [6.45, 7) is 4.44. The molecule has 2 aromatic rings.